The number of H-pyrrole nitrogens is 1. The summed E-state index contributed by atoms with van der Waals surface area (Å²) in [4.78, 5) is 55.2. The monoisotopic (exact) mass is 441 g/mol. The minimum atomic E-state index is -0.268. The molecule has 2 fully saturated rings. The number of thiazole rings is 1. The van der Waals surface area contributed by atoms with Crippen molar-refractivity contribution >= 4 is 23.2 Å². The number of nitrogens with zero attached hydrogens (tertiary/aromatic N) is 4. The summed E-state index contributed by atoms with van der Waals surface area (Å²) in [5, 5.41) is 0.871. The zero-order chi connectivity index (χ0) is 21.7. The van der Waals surface area contributed by atoms with Gasteiger partial charge in [-0.1, -0.05) is 0 Å². The molecule has 1 aliphatic carbocycles. The number of aryl methyl sites for hydroxylation is 2. The van der Waals surface area contributed by atoms with E-state index < -0.39 is 0 Å². The van der Waals surface area contributed by atoms with Gasteiger partial charge in [0, 0.05) is 24.6 Å². The molecule has 4 heterocycles. The third kappa shape index (κ3) is 3.79. The molecular formula is C22H27N5O3S. The molecule has 2 aliphatic heterocycles. The molecule has 164 valence electrons. The second-order valence-corrected chi connectivity index (χ2v) is 10.0. The van der Waals surface area contributed by atoms with Crippen LogP contribution in [-0.4, -0.2) is 49.7 Å². The van der Waals surface area contributed by atoms with Crippen LogP contribution in [0.15, 0.2) is 4.79 Å². The number of fused-ring (bicyclic) bond motifs is 1. The van der Waals surface area contributed by atoms with Gasteiger partial charge in [-0.15, -0.1) is 11.3 Å². The highest BCUT2D eigenvalue weighted by molar-refractivity contribution is 7.13. The molecular weight excluding hydrogens is 414 g/mol. The largest absolute Gasteiger partial charge is 0.336 e. The van der Waals surface area contributed by atoms with Crippen molar-refractivity contribution in [3.8, 4) is 0 Å². The van der Waals surface area contributed by atoms with E-state index in [1.54, 1.807) is 0 Å². The van der Waals surface area contributed by atoms with Gasteiger partial charge in [-0.3, -0.25) is 14.4 Å². The first-order chi connectivity index (χ1) is 14.9. The Morgan fingerprint density at radius 1 is 1.10 bits per heavy atom. The van der Waals surface area contributed by atoms with Crippen LogP contribution in [0.4, 0.5) is 0 Å². The fraction of sp³-hybridized carbons (Fsp3) is 0.591. The minimum absolute atomic E-state index is 0.0429. The van der Waals surface area contributed by atoms with E-state index in [4.69, 9.17) is 4.98 Å². The number of aromatic amines is 1. The van der Waals surface area contributed by atoms with E-state index in [0.717, 1.165) is 42.8 Å². The van der Waals surface area contributed by atoms with Crippen LogP contribution in [-0.2, 0) is 17.8 Å². The van der Waals surface area contributed by atoms with Crippen molar-refractivity contribution < 1.29 is 9.59 Å². The predicted octanol–water partition coefficient (Wildman–Crippen LogP) is 2.51. The van der Waals surface area contributed by atoms with Crippen molar-refractivity contribution in [2.45, 2.75) is 65.0 Å². The van der Waals surface area contributed by atoms with Crippen LogP contribution in [0.5, 0.6) is 0 Å². The number of carbonyl (C=O) groups excluding carboxylic acids is 2. The first kappa shape index (κ1) is 20.4. The zero-order valence-electron chi connectivity index (χ0n) is 17.9. The van der Waals surface area contributed by atoms with Gasteiger partial charge in [0.25, 0.3) is 11.5 Å². The van der Waals surface area contributed by atoms with Gasteiger partial charge in [0.1, 0.15) is 10.7 Å². The summed E-state index contributed by atoms with van der Waals surface area (Å²) in [5.74, 6) is 0.829. The summed E-state index contributed by atoms with van der Waals surface area (Å²) in [7, 11) is 0. The summed E-state index contributed by atoms with van der Waals surface area (Å²) >= 11 is 1.41. The SMILES string of the molecule is Cc1nc(C)c(C(=O)N2CCCC[C@H]2c2nc3c(c(=O)[nH]2)CCN(C(=O)C2CC2)C3)s1. The van der Waals surface area contributed by atoms with Crippen molar-refractivity contribution in [3.63, 3.8) is 0 Å². The van der Waals surface area contributed by atoms with Crippen molar-refractivity contribution in [3.05, 3.63) is 43.0 Å². The Morgan fingerprint density at radius 2 is 1.90 bits per heavy atom. The molecule has 1 saturated heterocycles. The van der Waals surface area contributed by atoms with Crippen molar-refractivity contribution in [2.24, 2.45) is 5.92 Å². The summed E-state index contributed by atoms with van der Waals surface area (Å²) < 4.78 is 0. The van der Waals surface area contributed by atoms with Gasteiger partial charge in [0.2, 0.25) is 5.91 Å². The van der Waals surface area contributed by atoms with Crippen LogP contribution < -0.4 is 5.56 Å². The Labute approximate surface area is 184 Å². The Bertz CT molecular complexity index is 1100. The van der Waals surface area contributed by atoms with Crippen LogP contribution in [0.1, 0.15) is 75.6 Å². The fourth-order valence-corrected chi connectivity index (χ4v) is 5.59. The zero-order valence-corrected chi connectivity index (χ0v) is 18.8. The van der Waals surface area contributed by atoms with E-state index in [2.05, 4.69) is 9.97 Å². The maximum Gasteiger partial charge on any atom is 0.266 e. The molecule has 1 saturated carbocycles. The first-order valence-electron chi connectivity index (χ1n) is 11.1. The highest BCUT2D eigenvalue weighted by Gasteiger charge is 2.37. The van der Waals surface area contributed by atoms with Gasteiger partial charge in [-0.05, 0) is 52.4 Å². The molecule has 2 aromatic heterocycles. The standard InChI is InChI=1S/C22H27N5O3S/c1-12-18(31-13(2)23-12)22(30)27-9-4-3-5-17(27)19-24-16-11-26(21(29)14-6-7-14)10-8-15(16)20(28)25-19/h14,17H,3-11H2,1-2H3,(H,24,25,28)/t17-/m0/s1. The first-order valence-corrected chi connectivity index (χ1v) is 11.9. The lowest BCUT2D eigenvalue weighted by atomic mass is 9.99. The summed E-state index contributed by atoms with van der Waals surface area (Å²) in [6, 6.07) is -0.268. The molecule has 1 N–H and O–H groups in total. The maximum atomic E-state index is 13.3. The number of nitrogens with one attached hydrogen (secondary N) is 1. The van der Waals surface area contributed by atoms with Crippen LogP contribution in [0.3, 0.4) is 0 Å². The van der Waals surface area contributed by atoms with E-state index in [-0.39, 0.29) is 29.3 Å². The molecule has 0 aromatic carbocycles. The van der Waals surface area contributed by atoms with Crippen LogP contribution in [0.2, 0.25) is 0 Å². The van der Waals surface area contributed by atoms with Gasteiger partial charge >= 0.3 is 0 Å². The average Bonchev–Trinajstić information content (AvgIpc) is 3.56. The molecule has 2 amide bonds. The number of hydrogen-bond acceptors (Lipinski definition) is 6. The number of piperidine rings is 1. The van der Waals surface area contributed by atoms with Gasteiger partial charge < -0.3 is 14.8 Å². The average molecular weight is 442 g/mol. The molecule has 0 radical (unpaired) electrons. The van der Waals surface area contributed by atoms with E-state index in [1.807, 2.05) is 23.6 Å². The highest BCUT2D eigenvalue weighted by Crippen LogP contribution is 2.34. The molecule has 9 heteroatoms. The third-order valence-electron chi connectivity index (χ3n) is 6.51. The molecule has 1 atom stereocenters. The van der Waals surface area contributed by atoms with Gasteiger partial charge in [0.05, 0.1) is 29.0 Å². The maximum absolute atomic E-state index is 13.3. The molecule has 3 aliphatic rings. The molecule has 31 heavy (non-hydrogen) atoms. The third-order valence-corrected chi connectivity index (χ3v) is 7.57. The molecule has 0 bridgehead atoms. The number of likely N-dealkylation sites (tertiary alicyclic amines) is 1. The van der Waals surface area contributed by atoms with E-state index in [1.165, 1.54) is 11.3 Å². The normalized spacial score (nSPS) is 21.2. The lowest BCUT2D eigenvalue weighted by Crippen LogP contribution is -2.42. The summed E-state index contributed by atoms with van der Waals surface area (Å²) in [6.45, 7) is 5.35. The van der Waals surface area contributed by atoms with Crippen LogP contribution >= 0.6 is 11.3 Å². The fourth-order valence-electron chi connectivity index (χ4n) is 4.71. The second-order valence-electron chi connectivity index (χ2n) is 8.82. The molecule has 5 rings (SSSR count). The number of amides is 2. The Kier molecular flexibility index (Phi) is 5.16. The smallest absolute Gasteiger partial charge is 0.266 e. The van der Waals surface area contributed by atoms with Gasteiger partial charge in [0.15, 0.2) is 0 Å². The van der Waals surface area contributed by atoms with Gasteiger partial charge in [-0.25, -0.2) is 9.97 Å². The number of rotatable bonds is 3. The highest BCUT2D eigenvalue weighted by atomic mass is 32.1. The molecule has 8 nitrogen and oxygen atoms in total. The summed E-state index contributed by atoms with van der Waals surface area (Å²) in [6.07, 6.45) is 5.12. The number of hydrogen-bond donors (Lipinski definition) is 1. The van der Waals surface area contributed by atoms with Crippen molar-refractivity contribution in [1.82, 2.24) is 24.8 Å². The van der Waals surface area contributed by atoms with Crippen molar-refractivity contribution in [2.75, 3.05) is 13.1 Å². The Balaban J connectivity index is 1.45. The molecule has 0 spiro atoms. The van der Waals surface area contributed by atoms with E-state index in [0.29, 0.717) is 48.0 Å². The minimum Gasteiger partial charge on any atom is -0.336 e. The quantitative estimate of drug-likeness (QED) is 0.789. The molecule has 0 unspecified atom stereocenters. The molecule has 2 aromatic rings. The second kappa shape index (κ2) is 7.85. The predicted molar refractivity (Wildman–Crippen MR) is 116 cm³/mol. The lowest BCUT2D eigenvalue weighted by Gasteiger charge is -2.35. The van der Waals surface area contributed by atoms with E-state index in [9.17, 15) is 14.4 Å². The number of carbonyl (C=O) groups is 2. The lowest BCUT2D eigenvalue weighted by molar-refractivity contribution is -0.133. The van der Waals surface area contributed by atoms with Gasteiger partial charge in [-0.2, -0.15) is 0 Å². The van der Waals surface area contributed by atoms with Crippen molar-refractivity contribution in [1.29, 1.82) is 0 Å². The van der Waals surface area contributed by atoms with E-state index >= 15 is 0 Å². The van der Waals surface area contributed by atoms with Crippen LogP contribution in [0.25, 0.3) is 0 Å². The van der Waals surface area contributed by atoms with Crippen LogP contribution in [0, 0.1) is 19.8 Å². The number of aromatic nitrogens is 3. The summed E-state index contributed by atoms with van der Waals surface area (Å²) in [5.41, 5.74) is 1.97. The topological polar surface area (TPSA) is 99.3 Å². The Morgan fingerprint density at radius 3 is 2.61 bits per heavy atom. The Hall–Kier alpha value is -2.55.